The maximum atomic E-state index is 13.0. The second kappa shape index (κ2) is 8.45. The molecule has 156 valence electrons. The maximum absolute atomic E-state index is 13.0. The van der Waals surface area contributed by atoms with Gasteiger partial charge in [-0.1, -0.05) is 29.3 Å². The van der Waals surface area contributed by atoms with Crippen molar-refractivity contribution < 1.29 is 9.53 Å². The van der Waals surface area contributed by atoms with Gasteiger partial charge in [0.05, 0.1) is 29.5 Å². The summed E-state index contributed by atoms with van der Waals surface area (Å²) in [6, 6.07) is 5.18. The molecule has 1 aliphatic rings. The van der Waals surface area contributed by atoms with Gasteiger partial charge in [0.2, 0.25) is 11.7 Å². The number of methoxy groups -OCH3 is 1. The van der Waals surface area contributed by atoms with Crippen LogP contribution in [-0.4, -0.2) is 68.8 Å². The highest BCUT2D eigenvalue weighted by atomic mass is 35.5. The summed E-state index contributed by atoms with van der Waals surface area (Å²) in [5.74, 6) is 1.57. The van der Waals surface area contributed by atoms with E-state index in [9.17, 15) is 4.79 Å². The largest absolute Gasteiger partial charge is 0.480 e. The van der Waals surface area contributed by atoms with Crippen LogP contribution in [0, 0.1) is 6.92 Å². The molecule has 3 aromatic rings. The SMILES string of the molecule is COc1cncc(N2CCN(C(=O)c3nc(C)n(-c4c(Cl)cccc4Cl)n3)CC2)n1. The number of para-hydroxylation sites is 1. The minimum absolute atomic E-state index is 0.109. The molecule has 1 fully saturated rings. The third-order valence-corrected chi connectivity index (χ3v) is 5.42. The van der Waals surface area contributed by atoms with E-state index in [4.69, 9.17) is 27.9 Å². The molecule has 1 aliphatic heterocycles. The van der Waals surface area contributed by atoms with E-state index in [0.717, 1.165) is 0 Å². The summed E-state index contributed by atoms with van der Waals surface area (Å²) in [5.41, 5.74) is 0.506. The minimum atomic E-state index is -0.239. The van der Waals surface area contributed by atoms with Gasteiger partial charge in [-0.15, -0.1) is 5.10 Å². The standard InChI is InChI=1S/C19H19Cl2N7O2/c1-12-23-18(25-28(12)17-13(20)4-3-5-14(17)21)19(29)27-8-6-26(7-9-27)15-10-22-11-16(24-15)30-2/h3-5,10-11H,6-9H2,1-2H3. The zero-order chi connectivity index (χ0) is 21.3. The zero-order valence-corrected chi connectivity index (χ0v) is 17.9. The second-order valence-corrected chi connectivity index (χ2v) is 7.48. The molecule has 0 N–H and O–H groups in total. The van der Waals surface area contributed by atoms with Gasteiger partial charge in [-0.2, -0.15) is 4.98 Å². The average molecular weight is 448 g/mol. The van der Waals surface area contributed by atoms with Gasteiger partial charge in [0.25, 0.3) is 5.91 Å². The lowest BCUT2D eigenvalue weighted by Gasteiger charge is -2.34. The first-order valence-electron chi connectivity index (χ1n) is 9.26. The minimum Gasteiger partial charge on any atom is -0.480 e. The number of nitrogens with zero attached hydrogens (tertiary/aromatic N) is 7. The lowest BCUT2D eigenvalue weighted by molar-refractivity contribution is 0.0734. The van der Waals surface area contributed by atoms with Crippen molar-refractivity contribution in [1.82, 2.24) is 29.6 Å². The molecular weight excluding hydrogens is 429 g/mol. The number of halogens is 2. The summed E-state index contributed by atoms with van der Waals surface area (Å²) in [6.45, 7) is 4.01. The summed E-state index contributed by atoms with van der Waals surface area (Å²) in [7, 11) is 1.55. The van der Waals surface area contributed by atoms with Crippen molar-refractivity contribution in [3.05, 3.63) is 52.3 Å². The molecule has 0 spiro atoms. The van der Waals surface area contributed by atoms with Crippen LogP contribution >= 0.6 is 23.2 Å². The Morgan fingerprint density at radius 1 is 1.07 bits per heavy atom. The fraction of sp³-hybridized carbons (Fsp3) is 0.316. The van der Waals surface area contributed by atoms with Crippen LogP contribution in [0.2, 0.25) is 10.0 Å². The van der Waals surface area contributed by atoms with Gasteiger partial charge in [-0.3, -0.25) is 9.78 Å². The van der Waals surface area contributed by atoms with Crippen molar-refractivity contribution in [3.63, 3.8) is 0 Å². The van der Waals surface area contributed by atoms with E-state index in [1.165, 1.54) is 4.68 Å². The van der Waals surface area contributed by atoms with E-state index in [0.29, 0.717) is 59.4 Å². The van der Waals surface area contributed by atoms with Gasteiger partial charge < -0.3 is 14.5 Å². The molecule has 9 nitrogen and oxygen atoms in total. The quantitative estimate of drug-likeness (QED) is 0.606. The van der Waals surface area contributed by atoms with Crippen LogP contribution in [0.15, 0.2) is 30.6 Å². The first kappa shape index (κ1) is 20.4. The number of carbonyl (C=O) groups excluding carboxylic acids is 1. The molecular formula is C19H19Cl2N7O2. The van der Waals surface area contributed by atoms with Gasteiger partial charge in [0.1, 0.15) is 11.5 Å². The molecule has 2 aromatic heterocycles. The molecule has 0 atom stereocenters. The summed E-state index contributed by atoms with van der Waals surface area (Å²) in [5, 5.41) is 5.24. The molecule has 0 bridgehead atoms. The lowest BCUT2D eigenvalue weighted by atomic mass is 10.3. The Morgan fingerprint density at radius 2 is 1.77 bits per heavy atom. The van der Waals surface area contributed by atoms with Crippen molar-refractivity contribution in [1.29, 1.82) is 0 Å². The monoisotopic (exact) mass is 447 g/mol. The Morgan fingerprint density at radius 3 is 2.43 bits per heavy atom. The third-order valence-electron chi connectivity index (χ3n) is 4.81. The van der Waals surface area contributed by atoms with Gasteiger partial charge in [0, 0.05) is 26.2 Å². The Labute approximate surface area is 183 Å². The van der Waals surface area contributed by atoms with Crippen LogP contribution in [0.4, 0.5) is 5.82 Å². The van der Waals surface area contributed by atoms with Crippen LogP contribution in [0.1, 0.15) is 16.4 Å². The molecule has 0 aliphatic carbocycles. The van der Waals surface area contributed by atoms with Crippen molar-refractivity contribution >= 4 is 34.9 Å². The molecule has 4 rings (SSSR count). The maximum Gasteiger partial charge on any atom is 0.293 e. The number of ether oxygens (including phenoxy) is 1. The van der Waals surface area contributed by atoms with Gasteiger partial charge in [-0.05, 0) is 19.1 Å². The fourth-order valence-corrected chi connectivity index (χ4v) is 3.81. The number of benzene rings is 1. The number of rotatable bonds is 4. The van der Waals surface area contributed by atoms with E-state index in [1.807, 2.05) is 0 Å². The molecule has 1 amide bonds. The van der Waals surface area contributed by atoms with Crippen LogP contribution in [0.5, 0.6) is 5.88 Å². The van der Waals surface area contributed by atoms with Crippen LogP contribution in [0.25, 0.3) is 5.69 Å². The Hall–Kier alpha value is -2.91. The van der Waals surface area contributed by atoms with E-state index in [-0.39, 0.29) is 11.7 Å². The predicted octanol–water partition coefficient (Wildman–Crippen LogP) is 2.64. The highest BCUT2D eigenvalue weighted by molar-refractivity contribution is 6.37. The van der Waals surface area contributed by atoms with Gasteiger partial charge >= 0.3 is 0 Å². The Bertz CT molecular complexity index is 1060. The summed E-state index contributed by atoms with van der Waals surface area (Å²) in [6.07, 6.45) is 3.23. The van der Waals surface area contributed by atoms with E-state index in [1.54, 1.807) is 49.5 Å². The molecule has 0 saturated carbocycles. The number of aromatic nitrogens is 5. The number of aryl methyl sites for hydroxylation is 1. The predicted molar refractivity (Wildman–Crippen MR) is 113 cm³/mol. The molecule has 1 saturated heterocycles. The number of anilines is 1. The van der Waals surface area contributed by atoms with Crippen molar-refractivity contribution in [3.8, 4) is 11.6 Å². The molecule has 1 aromatic carbocycles. The molecule has 0 unspecified atom stereocenters. The molecule has 0 radical (unpaired) electrons. The number of piperazine rings is 1. The number of carbonyl (C=O) groups is 1. The lowest BCUT2D eigenvalue weighted by Crippen LogP contribution is -2.49. The summed E-state index contributed by atoms with van der Waals surface area (Å²) >= 11 is 12.6. The van der Waals surface area contributed by atoms with E-state index >= 15 is 0 Å². The normalized spacial score (nSPS) is 14.1. The van der Waals surface area contributed by atoms with Gasteiger partial charge in [0.15, 0.2) is 5.82 Å². The summed E-state index contributed by atoms with van der Waals surface area (Å²) in [4.78, 5) is 29.6. The Balaban J connectivity index is 1.49. The Kier molecular flexibility index (Phi) is 5.74. The molecule has 3 heterocycles. The second-order valence-electron chi connectivity index (χ2n) is 6.66. The zero-order valence-electron chi connectivity index (χ0n) is 16.4. The highest BCUT2D eigenvalue weighted by Gasteiger charge is 2.27. The van der Waals surface area contributed by atoms with Crippen LogP contribution in [0.3, 0.4) is 0 Å². The topological polar surface area (TPSA) is 89.3 Å². The van der Waals surface area contributed by atoms with E-state index < -0.39 is 0 Å². The number of amides is 1. The van der Waals surface area contributed by atoms with Crippen LogP contribution < -0.4 is 9.64 Å². The number of hydrogen-bond acceptors (Lipinski definition) is 7. The van der Waals surface area contributed by atoms with Gasteiger partial charge in [-0.25, -0.2) is 9.67 Å². The fourth-order valence-electron chi connectivity index (χ4n) is 3.25. The average Bonchev–Trinajstić information content (AvgIpc) is 3.14. The summed E-state index contributed by atoms with van der Waals surface area (Å²) < 4.78 is 6.63. The van der Waals surface area contributed by atoms with Crippen LogP contribution in [-0.2, 0) is 0 Å². The van der Waals surface area contributed by atoms with Crippen molar-refractivity contribution in [2.45, 2.75) is 6.92 Å². The van der Waals surface area contributed by atoms with E-state index in [2.05, 4.69) is 25.0 Å². The number of hydrogen-bond donors (Lipinski definition) is 0. The first-order valence-corrected chi connectivity index (χ1v) is 10.0. The van der Waals surface area contributed by atoms with Crippen molar-refractivity contribution in [2.75, 3.05) is 38.2 Å². The highest BCUT2D eigenvalue weighted by Crippen LogP contribution is 2.28. The first-order chi connectivity index (χ1) is 14.5. The third kappa shape index (κ3) is 3.90. The van der Waals surface area contributed by atoms with Crippen molar-refractivity contribution in [2.24, 2.45) is 0 Å². The molecule has 11 heteroatoms. The smallest absolute Gasteiger partial charge is 0.293 e. The molecule has 30 heavy (non-hydrogen) atoms.